The number of carbonyl (C=O) groups excluding carboxylic acids is 2. The molecule has 3 N–H and O–H groups in total. The molecule has 0 aliphatic heterocycles. The van der Waals surface area contributed by atoms with E-state index in [4.69, 9.17) is 5.21 Å². The number of hydrogen-bond donors (Lipinski definition) is 3. The smallest absolute Gasteiger partial charge is 0.251 e. The average Bonchev–Trinajstić information content (AvgIpc) is 2.77. The van der Waals surface area contributed by atoms with Crippen LogP contribution in [0.1, 0.15) is 48.0 Å². The van der Waals surface area contributed by atoms with E-state index in [0.29, 0.717) is 30.5 Å². The number of hydrogen-bond acceptors (Lipinski definition) is 5. The van der Waals surface area contributed by atoms with E-state index in [2.05, 4.69) is 11.4 Å². The molecule has 0 aliphatic rings. The Morgan fingerprint density at radius 2 is 1.72 bits per heavy atom. The predicted octanol–water partition coefficient (Wildman–Crippen LogP) is 3.51. The highest BCUT2D eigenvalue weighted by molar-refractivity contribution is 5.94. The highest BCUT2D eigenvalue weighted by Crippen LogP contribution is 2.26. The van der Waals surface area contributed by atoms with E-state index in [1.54, 1.807) is 23.7 Å². The lowest BCUT2D eigenvalue weighted by Crippen LogP contribution is -2.24. The monoisotopic (exact) mass is 394 g/mol. The molecule has 0 spiro atoms. The lowest BCUT2D eigenvalue weighted by atomic mass is 10.1. The molecule has 0 aliphatic carbocycles. The van der Waals surface area contributed by atoms with Gasteiger partial charge in [0.2, 0.25) is 5.91 Å². The number of rotatable bonds is 10. The predicted molar refractivity (Wildman–Crippen MR) is 111 cm³/mol. The number of amides is 2. The molecule has 0 fully saturated rings. The lowest BCUT2D eigenvalue weighted by Gasteiger charge is -2.20. The second kappa shape index (κ2) is 11.5. The fourth-order valence-corrected chi connectivity index (χ4v) is 2.96. The third-order valence-electron chi connectivity index (χ3n) is 4.64. The fraction of sp³-hybridized carbons (Fsp3) is 0.318. The minimum Gasteiger partial charge on any atom is -0.352 e. The van der Waals surface area contributed by atoms with E-state index in [1.807, 2.05) is 42.3 Å². The van der Waals surface area contributed by atoms with Crippen LogP contribution >= 0.6 is 0 Å². The Hall–Kier alpha value is -3.37. The summed E-state index contributed by atoms with van der Waals surface area (Å²) in [5, 5.41) is 20.6. The van der Waals surface area contributed by atoms with Gasteiger partial charge in [0.15, 0.2) is 0 Å². The second-order valence-corrected chi connectivity index (χ2v) is 6.69. The van der Waals surface area contributed by atoms with E-state index >= 15 is 0 Å². The number of anilines is 2. The van der Waals surface area contributed by atoms with Crippen molar-refractivity contribution in [3.63, 3.8) is 0 Å². The quantitative estimate of drug-likeness (QED) is 0.325. The molecule has 7 heteroatoms. The van der Waals surface area contributed by atoms with E-state index in [9.17, 15) is 14.9 Å². The molecule has 2 amide bonds. The maximum atomic E-state index is 12.3. The number of hydroxylamine groups is 1. The number of benzene rings is 2. The summed E-state index contributed by atoms with van der Waals surface area (Å²) in [6.45, 7) is 0.572. The van der Waals surface area contributed by atoms with Gasteiger partial charge in [-0.1, -0.05) is 25.0 Å². The molecular formula is C22H26N4O3. The van der Waals surface area contributed by atoms with Crippen LogP contribution in [0.2, 0.25) is 0 Å². The maximum absolute atomic E-state index is 12.3. The Morgan fingerprint density at radius 3 is 2.41 bits per heavy atom. The van der Waals surface area contributed by atoms with Crippen molar-refractivity contribution in [1.82, 2.24) is 10.8 Å². The number of para-hydroxylation sites is 1. The molecule has 0 atom stereocenters. The molecule has 0 saturated carbocycles. The van der Waals surface area contributed by atoms with E-state index in [1.165, 1.54) is 0 Å². The maximum Gasteiger partial charge on any atom is 0.251 e. The molecule has 0 saturated heterocycles. The van der Waals surface area contributed by atoms with Crippen LogP contribution in [0.5, 0.6) is 0 Å². The zero-order valence-corrected chi connectivity index (χ0v) is 16.5. The van der Waals surface area contributed by atoms with Gasteiger partial charge in [-0.05, 0) is 49.2 Å². The van der Waals surface area contributed by atoms with Gasteiger partial charge in [-0.15, -0.1) is 0 Å². The van der Waals surface area contributed by atoms with Gasteiger partial charge < -0.3 is 10.2 Å². The Bertz CT molecular complexity index is 859. The number of nitriles is 1. The first-order valence-corrected chi connectivity index (χ1v) is 9.61. The SMILES string of the molecule is CN(c1ccc(C(=O)NCCCCCCC(=O)NO)cc1)c1ccccc1C#N. The first kappa shape index (κ1) is 21.9. The average molecular weight is 394 g/mol. The van der Waals surface area contributed by atoms with Gasteiger partial charge in [0.25, 0.3) is 5.91 Å². The standard InChI is InChI=1S/C22H26N4O3/c1-26(20-9-6-5-8-18(20)16-23)19-13-11-17(12-14-19)22(28)24-15-7-3-2-4-10-21(27)25-29/h5-6,8-9,11-14,29H,2-4,7,10,15H2,1H3,(H,24,28)(H,25,27). The van der Waals surface area contributed by atoms with Crippen molar-refractivity contribution in [3.05, 3.63) is 59.7 Å². The summed E-state index contributed by atoms with van der Waals surface area (Å²) < 4.78 is 0. The topological polar surface area (TPSA) is 105 Å². The molecule has 152 valence electrons. The molecule has 2 aromatic carbocycles. The molecule has 0 heterocycles. The minimum absolute atomic E-state index is 0.128. The van der Waals surface area contributed by atoms with Crippen LogP contribution in [-0.2, 0) is 4.79 Å². The van der Waals surface area contributed by atoms with Crippen molar-refractivity contribution in [2.45, 2.75) is 32.1 Å². The van der Waals surface area contributed by atoms with Crippen LogP contribution in [0.25, 0.3) is 0 Å². The normalized spacial score (nSPS) is 10.1. The van der Waals surface area contributed by atoms with Gasteiger partial charge >= 0.3 is 0 Å². The van der Waals surface area contributed by atoms with Gasteiger partial charge in [-0.3, -0.25) is 14.8 Å². The summed E-state index contributed by atoms with van der Waals surface area (Å²) in [4.78, 5) is 25.1. The lowest BCUT2D eigenvalue weighted by molar-refractivity contribution is -0.129. The molecule has 2 aromatic rings. The molecule has 0 bridgehead atoms. The number of nitrogens with zero attached hydrogens (tertiary/aromatic N) is 2. The Labute approximate surface area is 170 Å². The molecule has 0 unspecified atom stereocenters. The molecule has 2 rings (SSSR count). The zero-order valence-electron chi connectivity index (χ0n) is 16.5. The summed E-state index contributed by atoms with van der Waals surface area (Å²) in [5.41, 5.74) is 4.48. The Balaban J connectivity index is 1.80. The van der Waals surface area contributed by atoms with Crippen molar-refractivity contribution in [2.24, 2.45) is 0 Å². The van der Waals surface area contributed by atoms with E-state index in [0.717, 1.165) is 30.6 Å². The third-order valence-corrected chi connectivity index (χ3v) is 4.64. The van der Waals surface area contributed by atoms with Crippen molar-refractivity contribution in [2.75, 3.05) is 18.5 Å². The molecule has 29 heavy (non-hydrogen) atoms. The van der Waals surface area contributed by atoms with Crippen LogP contribution < -0.4 is 15.7 Å². The van der Waals surface area contributed by atoms with Crippen LogP contribution in [0.15, 0.2) is 48.5 Å². The Kier molecular flexibility index (Phi) is 8.67. The van der Waals surface area contributed by atoms with Gasteiger partial charge in [0.1, 0.15) is 6.07 Å². The molecule has 0 radical (unpaired) electrons. The summed E-state index contributed by atoms with van der Waals surface area (Å²) in [7, 11) is 1.88. The minimum atomic E-state index is -0.372. The first-order valence-electron chi connectivity index (χ1n) is 9.61. The van der Waals surface area contributed by atoms with Crippen LogP contribution in [-0.4, -0.2) is 30.6 Å². The van der Waals surface area contributed by atoms with Crippen LogP contribution in [0.4, 0.5) is 11.4 Å². The van der Waals surface area contributed by atoms with E-state index in [-0.39, 0.29) is 11.8 Å². The third kappa shape index (κ3) is 6.63. The van der Waals surface area contributed by atoms with Crippen molar-refractivity contribution in [3.8, 4) is 6.07 Å². The van der Waals surface area contributed by atoms with Gasteiger partial charge in [-0.25, -0.2) is 5.48 Å². The van der Waals surface area contributed by atoms with Gasteiger partial charge in [-0.2, -0.15) is 5.26 Å². The number of nitrogens with one attached hydrogen (secondary N) is 2. The van der Waals surface area contributed by atoms with Crippen molar-refractivity contribution >= 4 is 23.2 Å². The summed E-state index contributed by atoms with van der Waals surface area (Å²) >= 11 is 0. The van der Waals surface area contributed by atoms with Crippen LogP contribution in [0, 0.1) is 11.3 Å². The van der Waals surface area contributed by atoms with Crippen LogP contribution in [0.3, 0.4) is 0 Å². The molecule has 0 aromatic heterocycles. The first-order chi connectivity index (χ1) is 14.1. The number of unbranched alkanes of at least 4 members (excludes halogenated alkanes) is 3. The Morgan fingerprint density at radius 1 is 1.03 bits per heavy atom. The second-order valence-electron chi connectivity index (χ2n) is 6.69. The largest absolute Gasteiger partial charge is 0.352 e. The van der Waals surface area contributed by atoms with Crippen molar-refractivity contribution < 1.29 is 14.8 Å². The van der Waals surface area contributed by atoms with Gasteiger partial charge in [0.05, 0.1) is 11.3 Å². The summed E-state index contributed by atoms with van der Waals surface area (Å²) in [6.07, 6.45) is 3.63. The molecule has 7 nitrogen and oxygen atoms in total. The summed E-state index contributed by atoms with van der Waals surface area (Å²) in [5.74, 6) is -0.500. The number of carbonyl (C=O) groups is 2. The van der Waals surface area contributed by atoms with E-state index < -0.39 is 0 Å². The highest BCUT2D eigenvalue weighted by atomic mass is 16.5. The van der Waals surface area contributed by atoms with Crippen molar-refractivity contribution in [1.29, 1.82) is 5.26 Å². The highest BCUT2D eigenvalue weighted by Gasteiger charge is 2.10. The molecular weight excluding hydrogens is 368 g/mol. The summed E-state index contributed by atoms with van der Waals surface area (Å²) in [6, 6.07) is 16.8. The fourth-order valence-electron chi connectivity index (χ4n) is 2.96. The zero-order chi connectivity index (χ0) is 21.1. The van der Waals surface area contributed by atoms with Gasteiger partial charge in [0, 0.05) is 31.3 Å².